The summed E-state index contributed by atoms with van der Waals surface area (Å²) in [4.78, 5) is 23.2. The Morgan fingerprint density at radius 3 is 2.82 bits per heavy atom. The normalized spacial score (nSPS) is 12.6. The van der Waals surface area contributed by atoms with Crippen molar-refractivity contribution in [1.29, 1.82) is 0 Å². The smallest absolute Gasteiger partial charge is 0.326 e. The number of carbonyl (C=O) groups is 2. The second-order valence-corrected chi connectivity index (χ2v) is 5.04. The summed E-state index contributed by atoms with van der Waals surface area (Å²) in [6.07, 6.45) is 3.74. The van der Waals surface area contributed by atoms with Crippen molar-refractivity contribution in [3.8, 4) is 0 Å². The van der Waals surface area contributed by atoms with Crippen LogP contribution in [-0.2, 0) is 4.79 Å². The zero-order valence-electron chi connectivity index (χ0n) is 9.14. The second kappa shape index (κ2) is 6.56. The summed E-state index contributed by atoms with van der Waals surface area (Å²) in [7, 11) is 0. The lowest BCUT2D eigenvalue weighted by Crippen LogP contribution is -2.40. The third-order valence-corrected chi connectivity index (χ3v) is 3.87. The fraction of sp³-hybridized carbons (Fsp3) is 0.273. The summed E-state index contributed by atoms with van der Waals surface area (Å²) in [6.45, 7) is 1.80. The molecule has 0 aromatic carbocycles. The van der Waals surface area contributed by atoms with Crippen LogP contribution in [0.3, 0.4) is 0 Å². The van der Waals surface area contributed by atoms with E-state index in [1.54, 1.807) is 30.5 Å². The number of hydrogen-bond donors (Lipinski definition) is 2. The fourth-order valence-electron chi connectivity index (χ4n) is 1.17. The first kappa shape index (κ1) is 13.9. The third-order valence-electron chi connectivity index (χ3n) is 2.03. The predicted octanol–water partition coefficient (Wildman–Crippen LogP) is 2.66. The van der Waals surface area contributed by atoms with Crippen LogP contribution in [0.5, 0.6) is 0 Å². The Labute approximate surface area is 111 Å². The van der Waals surface area contributed by atoms with Crippen molar-refractivity contribution in [3.63, 3.8) is 0 Å². The van der Waals surface area contributed by atoms with E-state index in [4.69, 9.17) is 5.11 Å². The van der Waals surface area contributed by atoms with Crippen LogP contribution < -0.4 is 5.32 Å². The lowest BCUT2D eigenvalue weighted by Gasteiger charge is -2.11. The van der Waals surface area contributed by atoms with Gasteiger partial charge in [-0.25, -0.2) is 4.79 Å². The van der Waals surface area contributed by atoms with Gasteiger partial charge in [0.25, 0.3) is 5.91 Å². The van der Waals surface area contributed by atoms with Gasteiger partial charge in [-0.3, -0.25) is 4.79 Å². The number of hydrogen-bond acceptors (Lipinski definition) is 3. The van der Waals surface area contributed by atoms with E-state index in [9.17, 15) is 9.59 Å². The molecule has 1 rings (SSSR count). The molecule has 6 heteroatoms. The molecule has 1 unspecified atom stereocenters. The Balaban J connectivity index is 2.71. The Morgan fingerprint density at radius 2 is 2.35 bits per heavy atom. The summed E-state index contributed by atoms with van der Waals surface area (Å²) in [5.41, 5.74) is 0. The Bertz CT molecular complexity index is 442. The number of carboxylic acid groups (broad SMARTS) is 1. The highest BCUT2D eigenvalue weighted by Gasteiger charge is 2.21. The van der Waals surface area contributed by atoms with Gasteiger partial charge in [0.05, 0.1) is 0 Å². The van der Waals surface area contributed by atoms with Crippen LogP contribution in [0.4, 0.5) is 0 Å². The number of allylic oxidation sites excluding steroid dienone is 1. The van der Waals surface area contributed by atoms with Crippen LogP contribution in [0.2, 0.25) is 0 Å². The molecule has 1 aromatic rings. The van der Waals surface area contributed by atoms with Gasteiger partial charge in [-0.2, -0.15) is 0 Å². The lowest BCUT2D eigenvalue weighted by molar-refractivity contribution is -0.139. The minimum Gasteiger partial charge on any atom is -0.480 e. The molecular weight excluding hydrogens is 306 g/mol. The molecule has 0 radical (unpaired) electrons. The van der Waals surface area contributed by atoms with Crippen molar-refractivity contribution in [2.45, 2.75) is 19.4 Å². The monoisotopic (exact) mass is 317 g/mol. The van der Waals surface area contributed by atoms with Gasteiger partial charge in [0, 0.05) is 4.47 Å². The van der Waals surface area contributed by atoms with Gasteiger partial charge in [0.2, 0.25) is 0 Å². The number of nitrogens with one attached hydrogen (secondary N) is 1. The van der Waals surface area contributed by atoms with E-state index in [1.165, 1.54) is 11.3 Å². The standard InChI is InChI=1S/C11H12BrNO3S/c1-2-3-4-8(11(15)16)13-10(14)9-7(12)5-6-17-9/h2-3,5-6,8H,4H2,1H3,(H,13,14)(H,15,16)/b3-2+. The third kappa shape index (κ3) is 3.98. The quantitative estimate of drug-likeness (QED) is 0.820. The van der Waals surface area contributed by atoms with Crippen LogP contribution in [0.25, 0.3) is 0 Å². The molecule has 0 aliphatic rings. The average molecular weight is 318 g/mol. The maximum atomic E-state index is 11.8. The SMILES string of the molecule is C/C=C/CC(NC(=O)c1sccc1Br)C(=O)O. The molecule has 92 valence electrons. The Morgan fingerprint density at radius 1 is 1.65 bits per heavy atom. The summed E-state index contributed by atoms with van der Waals surface area (Å²) >= 11 is 4.50. The molecule has 1 atom stereocenters. The minimum atomic E-state index is -1.04. The molecule has 0 bridgehead atoms. The zero-order valence-corrected chi connectivity index (χ0v) is 11.5. The van der Waals surface area contributed by atoms with Gasteiger partial charge in [-0.15, -0.1) is 11.3 Å². The molecule has 0 aliphatic carbocycles. The summed E-state index contributed by atoms with van der Waals surface area (Å²) in [5, 5.41) is 13.2. The van der Waals surface area contributed by atoms with Crippen LogP contribution in [0.1, 0.15) is 23.0 Å². The molecule has 17 heavy (non-hydrogen) atoms. The molecule has 4 nitrogen and oxygen atoms in total. The van der Waals surface area contributed by atoms with Crippen molar-refractivity contribution in [3.05, 3.63) is 32.9 Å². The minimum absolute atomic E-state index is 0.278. The van der Waals surface area contributed by atoms with Crippen LogP contribution in [-0.4, -0.2) is 23.0 Å². The molecule has 0 aliphatic heterocycles. The van der Waals surface area contributed by atoms with Crippen LogP contribution in [0.15, 0.2) is 28.1 Å². The van der Waals surface area contributed by atoms with Crippen molar-refractivity contribution in [1.82, 2.24) is 5.32 Å². The van der Waals surface area contributed by atoms with Gasteiger partial charge in [0.1, 0.15) is 10.9 Å². The highest BCUT2D eigenvalue weighted by molar-refractivity contribution is 9.10. The summed E-state index contributed by atoms with van der Waals surface area (Å²) in [6, 6.07) is 0.856. The lowest BCUT2D eigenvalue weighted by atomic mass is 10.2. The molecular formula is C11H12BrNO3S. The number of amides is 1. The van der Waals surface area contributed by atoms with Crippen molar-refractivity contribution in [2.75, 3.05) is 0 Å². The predicted molar refractivity (Wildman–Crippen MR) is 70.3 cm³/mol. The Hall–Kier alpha value is -1.14. The van der Waals surface area contributed by atoms with Gasteiger partial charge in [0.15, 0.2) is 0 Å². The number of carbonyl (C=O) groups excluding carboxylic acids is 1. The first-order chi connectivity index (χ1) is 8.06. The van der Waals surface area contributed by atoms with Crippen molar-refractivity contribution >= 4 is 39.1 Å². The van der Waals surface area contributed by atoms with E-state index in [1.807, 2.05) is 0 Å². The van der Waals surface area contributed by atoms with E-state index < -0.39 is 12.0 Å². The highest BCUT2D eigenvalue weighted by atomic mass is 79.9. The molecule has 0 fully saturated rings. The van der Waals surface area contributed by atoms with Gasteiger partial charge < -0.3 is 10.4 Å². The topological polar surface area (TPSA) is 66.4 Å². The summed E-state index contributed by atoms with van der Waals surface area (Å²) < 4.78 is 0.676. The largest absolute Gasteiger partial charge is 0.480 e. The molecule has 1 aromatic heterocycles. The van der Waals surface area contributed by atoms with E-state index in [0.717, 1.165) is 0 Å². The van der Waals surface area contributed by atoms with Crippen molar-refractivity contribution in [2.24, 2.45) is 0 Å². The number of aliphatic carboxylic acids is 1. The highest BCUT2D eigenvalue weighted by Crippen LogP contribution is 2.22. The number of carboxylic acids is 1. The molecule has 0 saturated heterocycles. The number of thiophene rings is 1. The molecule has 1 amide bonds. The van der Waals surface area contributed by atoms with Crippen LogP contribution in [0, 0.1) is 0 Å². The first-order valence-corrected chi connectivity index (χ1v) is 6.61. The summed E-state index contributed by atoms with van der Waals surface area (Å²) in [5.74, 6) is -1.41. The zero-order chi connectivity index (χ0) is 12.8. The van der Waals surface area contributed by atoms with Gasteiger partial charge in [-0.05, 0) is 40.7 Å². The Kier molecular flexibility index (Phi) is 5.37. The van der Waals surface area contributed by atoms with E-state index >= 15 is 0 Å². The first-order valence-electron chi connectivity index (χ1n) is 4.94. The number of rotatable bonds is 5. The molecule has 0 spiro atoms. The molecule has 0 saturated carbocycles. The average Bonchev–Trinajstić information content (AvgIpc) is 2.70. The van der Waals surface area contributed by atoms with Gasteiger partial charge in [-0.1, -0.05) is 12.2 Å². The van der Waals surface area contributed by atoms with E-state index in [-0.39, 0.29) is 12.3 Å². The fourth-order valence-corrected chi connectivity index (χ4v) is 2.63. The van der Waals surface area contributed by atoms with Crippen molar-refractivity contribution < 1.29 is 14.7 Å². The number of halogens is 1. The van der Waals surface area contributed by atoms with Crippen LogP contribution >= 0.6 is 27.3 Å². The second-order valence-electron chi connectivity index (χ2n) is 3.27. The van der Waals surface area contributed by atoms with E-state index in [0.29, 0.717) is 9.35 Å². The maximum absolute atomic E-state index is 11.8. The van der Waals surface area contributed by atoms with Gasteiger partial charge >= 0.3 is 5.97 Å². The maximum Gasteiger partial charge on any atom is 0.326 e. The molecule has 2 N–H and O–H groups in total. The van der Waals surface area contributed by atoms with E-state index in [2.05, 4.69) is 21.2 Å². The molecule has 1 heterocycles.